The highest BCUT2D eigenvalue weighted by atomic mass is 14.9. The average Bonchev–Trinajstić information content (AvgIpc) is 2.91. The molecule has 0 aliphatic heterocycles. The van der Waals surface area contributed by atoms with Crippen LogP contribution in [-0.4, -0.2) is 4.98 Å². The second-order valence-electron chi connectivity index (χ2n) is 10.1. The molecule has 0 spiro atoms. The summed E-state index contributed by atoms with van der Waals surface area (Å²) in [5.74, 6) is 0.911. The van der Waals surface area contributed by atoms with Gasteiger partial charge in [-0.25, -0.2) is 0 Å². The maximum atomic E-state index is 4.88. The number of rotatable bonds is 7. The van der Waals surface area contributed by atoms with E-state index < -0.39 is 0 Å². The summed E-state index contributed by atoms with van der Waals surface area (Å²) in [6.07, 6.45) is 1.90. The number of benzene rings is 4. The van der Waals surface area contributed by atoms with Crippen molar-refractivity contribution in [3.05, 3.63) is 120 Å². The van der Waals surface area contributed by atoms with Gasteiger partial charge in [0, 0.05) is 29.6 Å². The molecule has 5 rings (SSSR count). The summed E-state index contributed by atoms with van der Waals surface area (Å²) in [5, 5.41) is 6.32. The van der Waals surface area contributed by atoms with E-state index in [1.165, 1.54) is 44.3 Å². The normalized spacial score (nSPS) is 11.4. The molecule has 0 saturated carbocycles. The van der Waals surface area contributed by atoms with Gasteiger partial charge in [0.2, 0.25) is 0 Å². The van der Waals surface area contributed by atoms with E-state index in [0.29, 0.717) is 11.8 Å². The molecule has 5 aromatic rings. The summed E-state index contributed by atoms with van der Waals surface area (Å²) >= 11 is 0. The first kappa shape index (κ1) is 23.8. The van der Waals surface area contributed by atoms with E-state index in [2.05, 4.69) is 124 Å². The molecule has 2 heteroatoms. The quantitative estimate of drug-likeness (QED) is 0.256. The zero-order chi connectivity index (χ0) is 25.1. The van der Waals surface area contributed by atoms with E-state index in [1.807, 2.05) is 12.3 Å². The lowest BCUT2D eigenvalue weighted by Gasteiger charge is -2.22. The Kier molecular flexibility index (Phi) is 6.86. The third kappa shape index (κ3) is 4.77. The van der Waals surface area contributed by atoms with Crippen LogP contribution in [0, 0.1) is 0 Å². The summed E-state index contributed by atoms with van der Waals surface area (Å²) in [6, 6.07) is 34.7. The minimum atomic E-state index is 0.455. The monoisotopic (exact) mass is 470 g/mol. The number of hydrogen-bond acceptors (Lipinski definition) is 2. The topological polar surface area (TPSA) is 24.9 Å². The molecule has 180 valence electrons. The van der Waals surface area contributed by atoms with Crippen molar-refractivity contribution >= 4 is 16.5 Å². The Morgan fingerprint density at radius 3 is 2.06 bits per heavy atom. The lowest BCUT2D eigenvalue weighted by molar-refractivity contribution is 0.833. The van der Waals surface area contributed by atoms with Gasteiger partial charge in [0.05, 0.1) is 5.69 Å². The van der Waals surface area contributed by atoms with Crippen LogP contribution >= 0.6 is 0 Å². The molecule has 2 nitrogen and oxygen atoms in total. The van der Waals surface area contributed by atoms with Crippen molar-refractivity contribution in [1.82, 2.24) is 4.98 Å². The Labute approximate surface area is 215 Å². The third-order valence-corrected chi connectivity index (χ3v) is 6.97. The molecular formula is C34H34N2. The summed E-state index contributed by atoms with van der Waals surface area (Å²) < 4.78 is 0. The Bertz CT molecular complexity index is 1470. The summed E-state index contributed by atoms with van der Waals surface area (Å²) in [5.41, 5.74) is 9.78. The predicted octanol–water partition coefficient (Wildman–Crippen LogP) is 9.43. The van der Waals surface area contributed by atoms with E-state index in [1.54, 1.807) is 0 Å². The van der Waals surface area contributed by atoms with Gasteiger partial charge in [0.1, 0.15) is 0 Å². The SMILES string of the molecule is CC(C)c1cccc(C(C)C)c1NCc1ccccc1-c1ncccc1-c1ccc2ccccc2c1. The van der Waals surface area contributed by atoms with E-state index >= 15 is 0 Å². The van der Waals surface area contributed by atoms with E-state index in [0.717, 1.165) is 17.8 Å². The fourth-order valence-corrected chi connectivity index (χ4v) is 5.05. The molecule has 0 radical (unpaired) electrons. The fourth-order valence-electron chi connectivity index (χ4n) is 5.05. The Morgan fingerprint density at radius 2 is 1.31 bits per heavy atom. The lowest BCUT2D eigenvalue weighted by Crippen LogP contribution is -2.08. The smallest absolute Gasteiger partial charge is 0.0783 e. The third-order valence-electron chi connectivity index (χ3n) is 6.97. The van der Waals surface area contributed by atoms with Gasteiger partial charge >= 0.3 is 0 Å². The van der Waals surface area contributed by atoms with Gasteiger partial charge in [-0.3, -0.25) is 4.98 Å². The molecule has 1 N–H and O–H groups in total. The van der Waals surface area contributed by atoms with Crippen LogP contribution in [0.25, 0.3) is 33.2 Å². The van der Waals surface area contributed by atoms with Gasteiger partial charge in [-0.05, 0) is 57.0 Å². The molecular weight excluding hydrogens is 436 g/mol. The van der Waals surface area contributed by atoms with Gasteiger partial charge in [-0.2, -0.15) is 0 Å². The molecule has 0 unspecified atom stereocenters. The van der Waals surface area contributed by atoms with Crippen molar-refractivity contribution in [3.63, 3.8) is 0 Å². The van der Waals surface area contributed by atoms with Gasteiger partial charge in [-0.15, -0.1) is 0 Å². The largest absolute Gasteiger partial charge is 0.380 e. The van der Waals surface area contributed by atoms with Crippen molar-refractivity contribution in [1.29, 1.82) is 0 Å². The molecule has 4 aromatic carbocycles. The second-order valence-corrected chi connectivity index (χ2v) is 10.1. The van der Waals surface area contributed by atoms with Crippen molar-refractivity contribution in [3.8, 4) is 22.4 Å². The molecule has 0 amide bonds. The zero-order valence-electron chi connectivity index (χ0n) is 21.6. The highest BCUT2D eigenvalue weighted by Gasteiger charge is 2.16. The van der Waals surface area contributed by atoms with Crippen LogP contribution in [0.5, 0.6) is 0 Å². The standard InChI is InChI=1S/C34H34N2/c1-23(2)29-15-9-16-30(24(3)4)33(29)36-22-28-13-7-8-14-32(28)34-31(17-10-20-35-34)27-19-18-25-11-5-6-12-26(25)21-27/h5-21,23-24,36H,22H2,1-4H3. The number of fused-ring (bicyclic) bond motifs is 1. The summed E-state index contributed by atoms with van der Waals surface area (Å²) in [4.78, 5) is 4.88. The highest BCUT2D eigenvalue weighted by molar-refractivity contribution is 5.90. The predicted molar refractivity (Wildman–Crippen MR) is 155 cm³/mol. The van der Waals surface area contributed by atoms with Crippen LogP contribution in [0.4, 0.5) is 5.69 Å². The minimum Gasteiger partial charge on any atom is -0.380 e. The molecule has 0 saturated heterocycles. The molecule has 0 aliphatic rings. The number of nitrogens with zero attached hydrogens (tertiary/aromatic N) is 1. The molecule has 0 atom stereocenters. The second kappa shape index (κ2) is 10.4. The molecule has 0 bridgehead atoms. The van der Waals surface area contributed by atoms with E-state index in [-0.39, 0.29) is 0 Å². The number of pyridine rings is 1. The summed E-state index contributed by atoms with van der Waals surface area (Å²) in [6.45, 7) is 9.81. The Morgan fingerprint density at radius 1 is 0.639 bits per heavy atom. The van der Waals surface area contributed by atoms with Gasteiger partial charge < -0.3 is 5.32 Å². The van der Waals surface area contributed by atoms with Crippen molar-refractivity contribution in [2.24, 2.45) is 0 Å². The zero-order valence-corrected chi connectivity index (χ0v) is 21.6. The minimum absolute atomic E-state index is 0.455. The number of hydrogen-bond donors (Lipinski definition) is 1. The van der Waals surface area contributed by atoms with Crippen LogP contribution < -0.4 is 5.32 Å². The highest BCUT2D eigenvalue weighted by Crippen LogP contribution is 2.36. The van der Waals surface area contributed by atoms with Crippen molar-refractivity contribution < 1.29 is 0 Å². The number of anilines is 1. The maximum Gasteiger partial charge on any atom is 0.0783 e. The Balaban J connectivity index is 1.54. The Hall–Kier alpha value is -3.91. The number of aromatic nitrogens is 1. The fraction of sp³-hybridized carbons (Fsp3) is 0.206. The molecule has 0 aliphatic carbocycles. The molecule has 36 heavy (non-hydrogen) atoms. The van der Waals surface area contributed by atoms with E-state index in [4.69, 9.17) is 4.98 Å². The van der Waals surface area contributed by atoms with Crippen molar-refractivity contribution in [2.75, 3.05) is 5.32 Å². The van der Waals surface area contributed by atoms with Crippen LogP contribution in [0.2, 0.25) is 0 Å². The van der Waals surface area contributed by atoms with Crippen LogP contribution in [0.1, 0.15) is 56.2 Å². The van der Waals surface area contributed by atoms with Crippen LogP contribution in [0.15, 0.2) is 103 Å². The first-order valence-electron chi connectivity index (χ1n) is 12.9. The molecule has 1 aromatic heterocycles. The summed E-state index contributed by atoms with van der Waals surface area (Å²) in [7, 11) is 0. The van der Waals surface area contributed by atoms with Crippen LogP contribution in [-0.2, 0) is 6.54 Å². The van der Waals surface area contributed by atoms with Crippen molar-refractivity contribution in [2.45, 2.75) is 46.1 Å². The average molecular weight is 471 g/mol. The molecule has 1 heterocycles. The first-order valence-corrected chi connectivity index (χ1v) is 12.9. The number of nitrogens with one attached hydrogen (secondary N) is 1. The lowest BCUT2D eigenvalue weighted by atomic mass is 9.92. The maximum absolute atomic E-state index is 4.88. The van der Waals surface area contributed by atoms with E-state index in [9.17, 15) is 0 Å². The van der Waals surface area contributed by atoms with Gasteiger partial charge in [0.15, 0.2) is 0 Å². The molecule has 0 fully saturated rings. The first-order chi connectivity index (χ1) is 17.5. The van der Waals surface area contributed by atoms with Gasteiger partial charge in [-0.1, -0.05) is 113 Å². The number of para-hydroxylation sites is 1. The van der Waals surface area contributed by atoms with Crippen LogP contribution in [0.3, 0.4) is 0 Å². The van der Waals surface area contributed by atoms with Gasteiger partial charge in [0.25, 0.3) is 0 Å².